The van der Waals surface area contributed by atoms with Gasteiger partial charge in [0.2, 0.25) is 0 Å². The number of hydrogen-bond donors (Lipinski definition) is 2. The molecule has 8 heteroatoms. The van der Waals surface area contributed by atoms with E-state index in [9.17, 15) is 14.0 Å². The molecule has 2 rings (SSSR count). The van der Waals surface area contributed by atoms with E-state index in [4.69, 9.17) is 14.2 Å². The summed E-state index contributed by atoms with van der Waals surface area (Å²) in [5, 5.41) is 0. The Morgan fingerprint density at radius 2 is 1.48 bits per heavy atom. The molecule has 2 aromatic carbocycles. The molecule has 0 saturated heterocycles. The van der Waals surface area contributed by atoms with Gasteiger partial charge in [-0.1, -0.05) is 0 Å². The standard InChI is InChI=1S/C19H21FN2O5/c1-3-25-15-8-10-16(11-9-15)26-12-18(23)21-22-19(24)13(2)27-17-6-4-14(20)5-7-17/h4-11,13H,3,12H2,1-2H3,(H,21,23)(H,22,24)/t13-/m1/s1. The number of amides is 2. The van der Waals surface area contributed by atoms with Crippen molar-refractivity contribution in [1.29, 1.82) is 0 Å². The Morgan fingerprint density at radius 1 is 0.926 bits per heavy atom. The van der Waals surface area contributed by atoms with E-state index in [1.54, 1.807) is 24.3 Å². The highest BCUT2D eigenvalue weighted by Crippen LogP contribution is 2.17. The first kappa shape index (κ1) is 20.0. The van der Waals surface area contributed by atoms with Crippen LogP contribution in [0.2, 0.25) is 0 Å². The number of halogens is 1. The fraction of sp³-hybridized carbons (Fsp3) is 0.263. The molecule has 2 aromatic rings. The van der Waals surface area contributed by atoms with E-state index >= 15 is 0 Å². The van der Waals surface area contributed by atoms with Gasteiger partial charge in [0.25, 0.3) is 11.8 Å². The molecule has 0 radical (unpaired) electrons. The van der Waals surface area contributed by atoms with Gasteiger partial charge in [-0.3, -0.25) is 20.4 Å². The lowest BCUT2D eigenvalue weighted by molar-refractivity contribution is -0.133. The molecule has 0 fully saturated rings. The predicted molar refractivity (Wildman–Crippen MR) is 95.9 cm³/mol. The summed E-state index contributed by atoms with van der Waals surface area (Å²) in [5.41, 5.74) is 4.47. The Hall–Kier alpha value is -3.29. The molecule has 144 valence electrons. The molecule has 0 aliphatic heterocycles. The predicted octanol–water partition coefficient (Wildman–Crippen LogP) is 2.22. The van der Waals surface area contributed by atoms with Crippen LogP contribution in [0.4, 0.5) is 4.39 Å². The van der Waals surface area contributed by atoms with Crippen LogP contribution in [0.25, 0.3) is 0 Å². The van der Waals surface area contributed by atoms with E-state index in [-0.39, 0.29) is 6.61 Å². The van der Waals surface area contributed by atoms with E-state index < -0.39 is 23.7 Å². The van der Waals surface area contributed by atoms with Crippen LogP contribution >= 0.6 is 0 Å². The minimum absolute atomic E-state index is 0.276. The van der Waals surface area contributed by atoms with Crippen molar-refractivity contribution in [3.8, 4) is 17.2 Å². The first-order valence-electron chi connectivity index (χ1n) is 8.34. The summed E-state index contributed by atoms with van der Waals surface area (Å²) in [6.45, 7) is 3.67. The summed E-state index contributed by atoms with van der Waals surface area (Å²) >= 11 is 0. The highest BCUT2D eigenvalue weighted by atomic mass is 19.1. The monoisotopic (exact) mass is 376 g/mol. The Balaban J connectivity index is 1.70. The Labute approximate surface area is 156 Å². The largest absolute Gasteiger partial charge is 0.494 e. The van der Waals surface area contributed by atoms with Crippen LogP contribution in [0, 0.1) is 5.82 Å². The molecule has 0 saturated carbocycles. The topological polar surface area (TPSA) is 85.9 Å². The second-order valence-corrected chi connectivity index (χ2v) is 5.44. The van der Waals surface area contributed by atoms with Crippen LogP contribution in [0.5, 0.6) is 17.2 Å². The van der Waals surface area contributed by atoms with Crippen LogP contribution in [0.1, 0.15) is 13.8 Å². The highest BCUT2D eigenvalue weighted by molar-refractivity contribution is 5.85. The maximum absolute atomic E-state index is 12.8. The van der Waals surface area contributed by atoms with E-state index in [1.165, 1.54) is 31.2 Å². The number of benzene rings is 2. The second-order valence-electron chi connectivity index (χ2n) is 5.44. The third-order valence-electron chi connectivity index (χ3n) is 3.33. The molecule has 0 heterocycles. The maximum atomic E-state index is 12.8. The lowest BCUT2D eigenvalue weighted by Crippen LogP contribution is -2.48. The normalized spacial score (nSPS) is 11.2. The van der Waals surface area contributed by atoms with Gasteiger partial charge in [-0.2, -0.15) is 0 Å². The van der Waals surface area contributed by atoms with Crippen LogP contribution in [0.15, 0.2) is 48.5 Å². The Kier molecular flexibility index (Phi) is 7.42. The van der Waals surface area contributed by atoms with Crippen LogP contribution in [-0.2, 0) is 9.59 Å². The molecular formula is C19H21FN2O5. The molecule has 2 amide bonds. The van der Waals surface area contributed by atoms with E-state index in [2.05, 4.69) is 10.9 Å². The van der Waals surface area contributed by atoms with E-state index in [0.717, 1.165) is 0 Å². The third kappa shape index (κ3) is 6.85. The van der Waals surface area contributed by atoms with Gasteiger partial charge in [0, 0.05) is 0 Å². The zero-order chi connectivity index (χ0) is 19.6. The minimum atomic E-state index is -0.886. The quantitative estimate of drug-likeness (QED) is 0.690. The highest BCUT2D eigenvalue weighted by Gasteiger charge is 2.15. The fourth-order valence-electron chi connectivity index (χ4n) is 1.99. The van der Waals surface area contributed by atoms with Gasteiger partial charge in [0.05, 0.1) is 6.61 Å². The zero-order valence-electron chi connectivity index (χ0n) is 15.0. The second kappa shape index (κ2) is 10.0. The maximum Gasteiger partial charge on any atom is 0.279 e. The number of nitrogens with one attached hydrogen (secondary N) is 2. The van der Waals surface area contributed by atoms with Crippen molar-refractivity contribution in [2.45, 2.75) is 20.0 Å². The molecule has 0 aliphatic rings. The van der Waals surface area contributed by atoms with E-state index in [1.807, 2.05) is 6.92 Å². The van der Waals surface area contributed by atoms with Gasteiger partial charge in [0.1, 0.15) is 23.1 Å². The average Bonchev–Trinajstić information content (AvgIpc) is 2.67. The Morgan fingerprint density at radius 3 is 2.07 bits per heavy atom. The van der Waals surface area contributed by atoms with Crippen LogP contribution < -0.4 is 25.1 Å². The zero-order valence-corrected chi connectivity index (χ0v) is 15.0. The number of carbonyl (C=O) groups excluding carboxylic acids is 2. The van der Waals surface area contributed by atoms with Crippen molar-refractivity contribution < 1.29 is 28.2 Å². The summed E-state index contributed by atoms with van der Waals surface area (Å²) in [7, 11) is 0. The summed E-state index contributed by atoms with van der Waals surface area (Å²) in [4.78, 5) is 23.7. The van der Waals surface area contributed by atoms with Gasteiger partial charge >= 0.3 is 0 Å². The molecule has 0 bridgehead atoms. The van der Waals surface area contributed by atoms with Crippen molar-refractivity contribution >= 4 is 11.8 Å². The average molecular weight is 376 g/mol. The molecule has 0 aliphatic carbocycles. The van der Waals surface area contributed by atoms with E-state index in [0.29, 0.717) is 23.9 Å². The van der Waals surface area contributed by atoms with Crippen molar-refractivity contribution in [3.63, 3.8) is 0 Å². The van der Waals surface area contributed by atoms with Crippen molar-refractivity contribution in [1.82, 2.24) is 10.9 Å². The first-order valence-corrected chi connectivity index (χ1v) is 8.34. The van der Waals surface area contributed by atoms with Gasteiger partial charge in [-0.25, -0.2) is 4.39 Å². The Bertz CT molecular complexity index is 750. The van der Waals surface area contributed by atoms with Crippen molar-refractivity contribution in [2.75, 3.05) is 13.2 Å². The smallest absolute Gasteiger partial charge is 0.279 e. The lowest BCUT2D eigenvalue weighted by atomic mass is 10.3. The molecule has 0 aromatic heterocycles. The van der Waals surface area contributed by atoms with Crippen molar-refractivity contribution in [2.24, 2.45) is 0 Å². The number of carbonyl (C=O) groups is 2. The molecular weight excluding hydrogens is 355 g/mol. The minimum Gasteiger partial charge on any atom is -0.494 e. The molecule has 0 unspecified atom stereocenters. The SMILES string of the molecule is CCOc1ccc(OCC(=O)NNC(=O)[C@@H](C)Oc2ccc(F)cc2)cc1. The molecule has 0 spiro atoms. The first-order chi connectivity index (χ1) is 13.0. The molecule has 2 N–H and O–H groups in total. The fourth-order valence-corrected chi connectivity index (χ4v) is 1.99. The van der Waals surface area contributed by atoms with Crippen LogP contribution in [-0.4, -0.2) is 31.1 Å². The third-order valence-corrected chi connectivity index (χ3v) is 3.33. The van der Waals surface area contributed by atoms with Gasteiger partial charge in [0.15, 0.2) is 12.7 Å². The number of hydrazine groups is 1. The van der Waals surface area contributed by atoms with Crippen molar-refractivity contribution in [3.05, 3.63) is 54.3 Å². The summed E-state index contributed by atoms with van der Waals surface area (Å²) < 4.78 is 28.8. The molecule has 1 atom stereocenters. The molecule has 27 heavy (non-hydrogen) atoms. The number of hydrogen-bond acceptors (Lipinski definition) is 5. The van der Waals surface area contributed by atoms with Crippen LogP contribution in [0.3, 0.4) is 0 Å². The summed E-state index contributed by atoms with van der Waals surface area (Å²) in [6, 6.07) is 12.1. The van der Waals surface area contributed by atoms with Gasteiger partial charge in [-0.15, -0.1) is 0 Å². The number of ether oxygens (including phenoxy) is 3. The number of rotatable bonds is 8. The van der Waals surface area contributed by atoms with Gasteiger partial charge < -0.3 is 14.2 Å². The van der Waals surface area contributed by atoms with Gasteiger partial charge in [-0.05, 0) is 62.4 Å². The molecule has 7 nitrogen and oxygen atoms in total. The lowest BCUT2D eigenvalue weighted by Gasteiger charge is -2.15. The summed E-state index contributed by atoms with van der Waals surface area (Å²) in [5.74, 6) is 0.0352. The summed E-state index contributed by atoms with van der Waals surface area (Å²) in [6.07, 6.45) is -0.886.